The lowest BCUT2D eigenvalue weighted by Crippen LogP contribution is -2.38. The molecule has 1 aliphatic rings. The van der Waals surface area contributed by atoms with Gasteiger partial charge in [-0.15, -0.1) is 0 Å². The van der Waals surface area contributed by atoms with Crippen LogP contribution in [0.5, 0.6) is 0 Å². The number of rotatable bonds is 4. The van der Waals surface area contributed by atoms with Gasteiger partial charge in [-0.1, -0.05) is 29.8 Å². The largest absolute Gasteiger partial charge is 0.390 e. The zero-order valence-electron chi connectivity index (χ0n) is 23.6. The zero-order valence-corrected chi connectivity index (χ0v) is 24.4. The number of amides is 1. The van der Waals surface area contributed by atoms with Crippen molar-refractivity contribution >= 4 is 39.3 Å². The van der Waals surface area contributed by atoms with Gasteiger partial charge in [0.2, 0.25) is 0 Å². The number of fused-ring (bicyclic) bond motifs is 4. The Hall–Kier alpha value is -4.21. The number of nitrogens with one attached hydrogen (secondary N) is 1. The van der Waals surface area contributed by atoms with E-state index in [0.29, 0.717) is 45.8 Å². The topological polar surface area (TPSA) is 123 Å². The van der Waals surface area contributed by atoms with Crippen LogP contribution in [0, 0.1) is 18.7 Å². The Labute approximate surface area is 245 Å². The molecule has 0 saturated carbocycles. The SMILES string of the molecule is Cc1c(-c2c(Cl)cc(C(N)=O)c3[nH]c4c(c23)CCC(C(C)(C)O)C4)cccc1-n1c(=O)c2cccc(F)c2n(C)c1=O. The van der Waals surface area contributed by atoms with Crippen molar-refractivity contribution in [3.8, 4) is 16.8 Å². The maximum atomic E-state index is 14.6. The first kappa shape index (κ1) is 27.9. The number of H-pyrrole nitrogens is 1. The molecule has 1 unspecified atom stereocenters. The number of benzene rings is 3. The second kappa shape index (κ2) is 9.68. The van der Waals surface area contributed by atoms with Crippen LogP contribution in [0.4, 0.5) is 4.39 Å². The number of nitrogens with two attached hydrogens (primary N) is 1. The highest BCUT2D eigenvalue weighted by Crippen LogP contribution is 2.45. The molecule has 0 saturated heterocycles. The second-order valence-electron chi connectivity index (χ2n) is 11.6. The molecule has 5 aromatic rings. The molecular formula is C32H30ClFN4O4. The van der Waals surface area contributed by atoms with Crippen LogP contribution in [0.25, 0.3) is 38.6 Å². The van der Waals surface area contributed by atoms with Crippen molar-refractivity contribution in [1.29, 1.82) is 0 Å². The molecule has 0 fully saturated rings. The van der Waals surface area contributed by atoms with Crippen molar-refractivity contribution < 1.29 is 14.3 Å². The molecule has 4 N–H and O–H groups in total. The average molecular weight is 589 g/mol. The maximum absolute atomic E-state index is 14.6. The number of aliphatic hydroxyl groups is 1. The van der Waals surface area contributed by atoms with Gasteiger partial charge in [0, 0.05) is 28.7 Å². The van der Waals surface area contributed by atoms with Crippen molar-refractivity contribution in [3.05, 3.63) is 96.5 Å². The highest BCUT2D eigenvalue weighted by Gasteiger charge is 2.34. The van der Waals surface area contributed by atoms with Gasteiger partial charge in [0.15, 0.2) is 0 Å². The minimum atomic E-state index is -0.880. The molecule has 216 valence electrons. The van der Waals surface area contributed by atoms with Gasteiger partial charge in [-0.2, -0.15) is 0 Å². The number of carbonyl (C=O) groups excluding carboxylic acids is 1. The minimum absolute atomic E-state index is 0.0138. The van der Waals surface area contributed by atoms with Crippen LogP contribution in [-0.4, -0.2) is 30.7 Å². The Morgan fingerprint density at radius 2 is 1.90 bits per heavy atom. The molecule has 0 bridgehead atoms. The van der Waals surface area contributed by atoms with Crippen LogP contribution in [0.3, 0.4) is 0 Å². The van der Waals surface area contributed by atoms with Crippen LogP contribution in [0.2, 0.25) is 5.02 Å². The quantitative estimate of drug-likeness (QED) is 0.276. The summed E-state index contributed by atoms with van der Waals surface area (Å²) >= 11 is 6.90. The number of aromatic amines is 1. The van der Waals surface area contributed by atoms with Crippen molar-refractivity contribution in [2.75, 3.05) is 0 Å². The van der Waals surface area contributed by atoms with Crippen molar-refractivity contribution in [2.45, 2.75) is 45.6 Å². The van der Waals surface area contributed by atoms with Crippen LogP contribution in [0.1, 0.15) is 47.4 Å². The normalized spacial score (nSPS) is 15.4. The Morgan fingerprint density at radius 3 is 2.60 bits per heavy atom. The predicted molar refractivity (Wildman–Crippen MR) is 162 cm³/mol. The minimum Gasteiger partial charge on any atom is -0.390 e. The number of aromatic nitrogens is 3. The lowest BCUT2D eigenvalue weighted by atomic mass is 9.77. The number of hydrogen-bond acceptors (Lipinski definition) is 4. The number of hydrogen-bond donors (Lipinski definition) is 3. The van der Waals surface area contributed by atoms with Crippen LogP contribution in [-0.2, 0) is 19.9 Å². The number of carbonyl (C=O) groups is 1. The van der Waals surface area contributed by atoms with E-state index in [4.69, 9.17) is 17.3 Å². The fourth-order valence-corrected chi connectivity index (χ4v) is 6.77. The van der Waals surface area contributed by atoms with Gasteiger partial charge in [-0.3, -0.25) is 14.2 Å². The Bertz CT molecular complexity index is 2080. The number of primary amides is 1. The molecule has 8 nitrogen and oxygen atoms in total. The highest BCUT2D eigenvalue weighted by atomic mass is 35.5. The molecule has 2 heterocycles. The highest BCUT2D eigenvalue weighted by molar-refractivity contribution is 6.36. The molecule has 6 rings (SSSR count). The summed E-state index contributed by atoms with van der Waals surface area (Å²) in [6, 6.07) is 10.9. The third-order valence-electron chi connectivity index (χ3n) is 8.73. The molecular weight excluding hydrogens is 559 g/mol. The maximum Gasteiger partial charge on any atom is 0.335 e. The first-order valence-electron chi connectivity index (χ1n) is 13.7. The lowest BCUT2D eigenvalue weighted by Gasteiger charge is -2.32. The lowest BCUT2D eigenvalue weighted by molar-refractivity contribution is 0.0107. The molecule has 42 heavy (non-hydrogen) atoms. The van der Waals surface area contributed by atoms with Crippen LogP contribution in [0.15, 0.2) is 52.1 Å². The number of halogens is 2. The summed E-state index contributed by atoms with van der Waals surface area (Å²) < 4.78 is 16.8. The van der Waals surface area contributed by atoms with Gasteiger partial charge in [0.1, 0.15) is 5.82 Å². The van der Waals surface area contributed by atoms with E-state index in [1.807, 2.05) is 6.07 Å². The Morgan fingerprint density at radius 1 is 1.19 bits per heavy atom. The van der Waals surface area contributed by atoms with Crippen molar-refractivity contribution in [2.24, 2.45) is 18.7 Å². The van der Waals surface area contributed by atoms with E-state index in [-0.39, 0.29) is 22.4 Å². The van der Waals surface area contributed by atoms with Gasteiger partial charge in [0.05, 0.1) is 33.3 Å². The molecule has 1 amide bonds. The summed E-state index contributed by atoms with van der Waals surface area (Å²) in [7, 11) is 1.43. The van der Waals surface area contributed by atoms with E-state index in [1.54, 1.807) is 32.9 Å². The number of para-hydroxylation sites is 1. The fraction of sp³-hybridized carbons (Fsp3) is 0.281. The molecule has 10 heteroatoms. The molecule has 1 atom stereocenters. The van der Waals surface area contributed by atoms with Gasteiger partial charge in [-0.05, 0) is 86.9 Å². The number of aryl methyl sites for hydroxylation is 2. The van der Waals surface area contributed by atoms with E-state index in [0.717, 1.165) is 32.2 Å². The summed E-state index contributed by atoms with van der Waals surface area (Å²) in [5, 5.41) is 11.8. The third-order valence-corrected chi connectivity index (χ3v) is 9.03. The number of nitrogens with zero attached hydrogens (tertiary/aromatic N) is 2. The molecule has 1 aliphatic carbocycles. The van der Waals surface area contributed by atoms with Gasteiger partial charge < -0.3 is 15.8 Å². The third kappa shape index (κ3) is 4.10. The van der Waals surface area contributed by atoms with Gasteiger partial charge in [-0.25, -0.2) is 13.8 Å². The van der Waals surface area contributed by atoms with E-state index in [2.05, 4.69) is 4.98 Å². The zero-order chi connectivity index (χ0) is 30.2. The summed E-state index contributed by atoms with van der Waals surface area (Å²) in [6.07, 6.45) is 1.96. The molecule has 2 aromatic heterocycles. The first-order chi connectivity index (χ1) is 19.8. The van der Waals surface area contributed by atoms with E-state index >= 15 is 0 Å². The van der Waals surface area contributed by atoms with Crippen LogP contribution < -0.4 is 17.0 Å². The second-order valence-corrected chi connectivity index (χ2v) is 12.0. The van der Waals surface area contributed by atoms with E-state index in [9.17, 15) is 23.9 Å². The Balaban J connectivity index is 1.65. The summed E-state index contributed by atoms with van der Waals surface area (Å²) in [6.45, 7) is 5.38. The van der Waals surface area contributed by atoms with Gasteiger partial charge >= 0.3 is 5.69 Å². The fourth-order valence-electron chi connectivity index (χ4n) is 6.47. The van der Waals surface area contributed by atoms with Crippen LogP contribution >= 0.6 is 11.6 Å². The molecule has 3 aromatic carbocycles. The van der Waals surface area contributed by atoms with Gasteiger partial charge in [0.25, 0.3) is 11.5 Å². The smallest absolute Gasteiger partial charge is 0.335 e. The Kier molecular flexibility index (Phi) is 6.44. The standard InChI is InChI=1S/C32H30ClFN4O4/c1-15-17(7-6-10-24(15)38-30(40)19-8-5-9-22(34)28(19)37(4)31(38)41)25-21(33)14-20(29(35)39)27-26(25)18-12-11-16(32(2,3)42)13-23(18)36-27/h5-10,14,16,36,42H,11-13H2,1-4H3,(H2,35,39). The predicted octanol–water partition coefficient (Wildman–Crippen LogP) is 4.91. The van der Waals surface area contributed by atoms with Crippen molar-refractivity contribution in [3.63, 3.8) is 0 Å². The molecule has 0 aliphatic heterocycles. The summed E-state index contributed by atoms with van der Waals surface area (Å²) in [4.78, 5) is 43.0. The van der Waals surface area contributed by atoms with E-state index < -0.39 is 28.6 Å². The summed E-state index contributed by atoms with van der Waals surface area (Å²) in [5.41, 5.74) is 8.45. The first-order valence-corrected chi connectivity index (χ1v) is 14.1. The summed E-state index contributed by atoms with van der Waals surface area (Å²) in [5.74, 6) is -1.27. The average Bonchev–Trinajstić information content (AvgIpc) is 3.30. The molecule has 0 radical (unpaired) electrons. The molecule has 0 spiro atoms. The monoisotopic (exact) mass is 588 g/mol. The van der Waals surface area contributed by atoms with E-state index in [1.165, 1.54) is 31.3 Å². The van der Waals surface area contributed by atoms with Crippen molar-refractivity contribution in [1.82, 2.24) is 14.1 Å².